The topological polar surface area (TPSA) is 29.9 Å². The molecule has 2 aromatic rings. The molecule has 19 heavy (non-hydrogen) atoms. The summed E-state index contributed by atoms with van der Waals surface area (Å²) in [5.74, 6) is -3.63. The van der Waals surface area contributed by atoms with Gasteiger partial charge in [-0.3, -0.25) is 4.57 Å². The maximum absolute atomic E-state index is 13.8. The SMILES string of the molecule is Fc1ccc(-n2cncc2C2CCNC2)c(F)c1F. The molecule has 0 bridgehead atoms. The molecule has 3 nitrogen and oxygen atoms in total. The number of halogens is 3. The van der Waals surface area contributed by atoms with E-state index in [-0.39, 0.29) is 11.6 Å². The van der Waals surface area contributed by atoms with Gasteiger partial charge in [0.05, 0.1) is 12.0 Å². The number of rotatable bonds is 2. The van der Waals surface area contributed by atoms with Crippen molar-refractivity contribution in [3.05, 3.63) is 47.8 Å². The molecule has 0 saturated carbocycles. The lowest BCUT2D eigenvalue weighted by molar-refractivity contribution is 0.444. The average molecular weight is 267 g/mol. The lowest BCUT2D eigenvalue weighted by Gasteiger charge is -2.13. The standard InChI is InChI=1S/C13H12F3N3/c14-9-1-2-10(13(16)12(9)15)19-7-18-6-11(19)8-3-4-17-5-8/h1-2,6-8,17H,3-5H2. The normalized spacial score (nSPS) is 19.0. The Hall–Kier alpha value is -1.82. The van der Waals surface area contributed by atoms with Crippen molar-refractivity contribution in [2.24, 2.45) is 0 Å². The molecule has 1 aromatic heterocycles. The van der Waals surface area contributed by atoms with E-state index in [1.807, 2.05) is 0 Å². The Morgan fingerprint density at radius 1 is 1.21 bits per heavy atom. The number of nitrogens with zero attached hydrogens (tertiary/aromatic N) is 2. The lowest BCUT2D eigenvalue weighted by Crippen LogP contribution is -2.12. The van der Waals surface area contributed by atoms with Crippen molar-refractivity contribution in [3.63, 3.8) is 0 Å². The Labute approximate surface area is 108 Å². The molecule has 1 aliphatic heterocycles. The molecule has 0 radical (unpaired) electrons. The van der Waals surface area contributed by atoms with Gasteiger partial charge in [0, 0.05) is 24.4 Å². The Morgan fingerprint density at radius 2 is 2.05 bits per heavy atom. The highest BCUT2D eigenvalue weighted by molar-refractivity contribution is 5.37. The third kappa shape index (κ3) is 2.02. The number of benzene rings is 1. The molecule has 1 N–H and O–H groups in total. The van der Waals surface area contributed by atoms with Crippen molar-refractivity contribution in [1.29, 1.82) is 0 Å². The Bertz CT molecular complexity index is 603. The van der Waals surface area contributed by atoms with Crippen LogP contribution in [0.2, 0.25) is 0 Å². The minimum Gasteiger partial charge on any atom is -0.316 e. The van der Waals surface area contributed by atoms with Crippen LogP contribution in [0.3, 0.4) is 0 Å². The maximum Gasteiger partial charge on any atom is 0.196 e. The van der Waals surface area contributed by atoms with E-state index < -0.39 is 17.5 Å². The van der Waals surface area contributed by atoms with Crippen LogP contribution in [0.25, 0.3) is 5.69 Å². The predicted molar refractivity (Wildman–Crippen MR) is 63.7 cm³/mol. The molecule has 0 amide bonds. The van der Waals surface area contributed by atoms with Crippen molar-refractivity contribution in [1.82, 2.24) is 14.9 Å². The zero-order chi connectivity index (χ0) is 13.4. The van der Waals surface area contributed by atoms with Gasteiger partial charge < -0.3 is 5.32 Å². The van der Waals surface area contributed by atoms with Gasteiger partial charge in [0.2, 0.25) is 0 Å². The van der Waals surface area contributed by atoms with Gasteiger partial charge >= 0.3 is 0 Å². The second-order valence-corrected chi connectivity index (χ2v) is 4.57. The second kappa shape index (κ2) is 4.70. The number of imidazole rings is 1. The van der Waals surface area contributed by atoms with Crippen LogP contribution < -0.4 is 5.32 Å². The summed E-state index contributed by atoms with van der Waals surface area (Å²) in [5.41, 5.74) is 0.785. The number of hydrogen-bond donors (Lipinski definition) is 1. The van der Waals surface area contributed by atoms with Gasteiger partial charge in [0.15, 0.2) is 17.5 Å². The number of aromatic nitrogens is 2. The van der Waals surface area contributed by atoms with Crippen molar-refractivity contribution >= 4 is 0 Å². The van der Waals surface area contributed by atoms with Crippen LogP contribution in [0.5, 0.6) is 0 Å². The first-order chi connectivity index (χ1) is 9.18. The molecule has 1 saturated heterocycles. The third-order valence-corrected chi connectivity index (χ3v) is 3.42. The molecule has 1 atom stereocenters. The van der Waals surface area contributed by atoms with E-state index in [4.69, 9.17) is 0 Å². The van der Waals surface area contributed by atoms with Gasteiger partial charge in [-0.1, -0.05) is 0 Å². The van der Waals surface area contributed by atoms with E-state index >= 15 is 0 Å². The van der Waals surface area contributed by atoms with Crippen LogP contribution in [0.4, 0.5) is 13.2 Å². The molecule has 1 unspecified atom stereocenters. The van der Waals surface area contributed by atoms with Crippen molar-refractivity contribution < 1.29 is 13.2 Å². The van der Waals surface area contributed by atoms with Gasteiger partial charge in [-0.15, -0.1) is 0 Å². The van der Waals surface area contributed by atoms with Crippen molar-refractivity contribution in [3.8, 4) is 5.69 Å². The van der Waals surface area contributed by atoms with Crippen molar-refractivity contribution in [2.75, 3.05) is 13.1 Å². The zero-order valence-electron chi connectivity index (χ0n) is 10.0. The van der Waals surface area contributed by atoms with Crippen LogP contribution in [-0.2, 0) is 0 Å². The van der Waals surface area contributed by atoms with Crippen LogP contribution in [0.15, 0.2) is 24.7 Å². The molecule has 1 fully saturated rings. The smallest absolute Gasteiger partial charge is 0.196 e. The van der Waals surface area contributed by atoms with Crippen molar-refractivity contribution in [2.45, 2.75) is 12.3 Å². The maximum atomic E-state index is 13.8. The summed E-state index contributed by atoms with van der Waals surface area (Å²) >= 11 is 0. The van der Waals surface area contributed by atoms with Gasteiger partial charge in [0.25, 0.3) is 0 Å². The van der Waals surface area contributed by atoms with Crippen LogP contribution in [-0.4, -0.2) is 22.6 Å². The molecule has 0 aliphatic carbocycles. The van der Waals surface area contributed by atoms with E-state index in [0.717, 1.165) is 31.3 Å². The molecule has 0 spiro atoms. The lowest BCUT2D eigenvalue weighted by atomic mass is 10.1. The zero-order valence-corrected chi connectivity index (χ0v) is 10.0. The van der Waals surface area contributed by atoms with Gasteiger partial charge in [-0.25, -0.2) is 18.2 Å². The van der Waals surface area contributed by atoms with Crippen LogP contribution >= 0.6 is 0 Å². The highest BCUT2D eigenvalue weighted by atomic mass is 19.2. The molecule has 6 heteroatoms. The first-order valence-electron chi connectivity index (χ1n) is 6.05. The third-order valence-electron chi connectivity index (χ3n) is 3.42. The summed E-state index contributed by atoms with van der Waals surface area (Å²) in [6.45, 7) is 1.66. The molecule has 1 aliphatic rings. The van der Waals surface area contributed by atoms with E-state index in [1.54, 1.807) is 6.20 Å². The fourth-order valence-corrected chi connectivity index (χ4v) is 2.42. The van der Waals surface area contributed by atoms with Gasteiger partial charge in [-0.2, -0.15) is 0 Å². The summed E-state index contributed by atoms with van der Waals surface area (Å²) in [7, 11) is 0. The monoisotopic (exact) mass is 267 g/mol. The van der Waals surface area contributed by atoms with Crippen LogP contribution in [0.1, 0.15) is 18.0 Å². The van der Waals surface area contributed by atoms with E-state index in [2.05, 4.69) is 10.3 Å². The fraction of sp³-hybridized carbons (Fsp3) is 0.308. The quantitative estimate of drug-likeness (QED) is 0.847. The van der Waals surface area contributed by atoms with E-state index in [0.29, 0.717) is 0 Å². The molecule has 100 valence electrons. The van der Waals surface area contributed by atoms with E-state index in [1.165, 1.54) is 17.0 Å². The Balaban J connectivity index is 2.08. The predicted octanol–water partition coefficient (Wildman–Crippen LogP) is 2.37. The summed E-state index contributed by atoms with van der Waals surface area (Å²) in [6.07, 6.45) is 3.97. The first-order valence-corrected chi connectivity index (χ1v) is 6.05. The largest absolute Gasteiger partial charge is 0.316 e. The minimum absolute atomic E-state index is 0.0155. The average Bonchev–Trinajstić information content (AvgIpc) is 3.05. The molecule has 3 rings (SSSR count). The highest BCUT2D eigenvalue weighted by Crippen LogP contribution is 2.27. The second-order valence-electron chi connectivity index (χ2n) is 4.57. The van der Waals surface area contributed by atoms with Crippen LogP contribution in [0, 0.1) is 17.5 Å². The molecule has 2 heterocycles. The molecular formula is C13H12F3N3. The first kappa shape index (κ1) is 12.2. The molecular weight excluding hydrogens is 255 g/mol. The Morgan fingerprint density at radius 3 is 2.79 bits per heavy atom. The highest BCUT2D eigenvalue weighted by Gasteiger charge is 2.23. The summed E-state index contributed by atoms with van der Waals surface area (Å²) in [4.78, 5) is 3.99. The molecule has 1 aromatic carbocycles. The van der Waals surface area contributed by atoms with Gasteiger partial charge in [-0.05, 0) is 25.1 Å². The summed E-state index contributed by atoms with van der Waals surface area (Å²) < 4.78 is 41.5. The summed E-state index contributed by atoms with van der Waals surface area (Å²) in [6, 6.07) is 2.14. The Kier molecular flexibility index (Phi) is 3.02. The van der Waals surface area contributed by atoms with Gasteiger partial charge in [0.1, 0.15) is 0 Å². The fourth-order valence-electron chi connectivity index (χ4n) is 2.42. The number of nitrogens with one attached hydrogen (secondary N) is 1. The minimum atomic E-state index is -1.46. The number of hydrogen-bond acceptors (Lipinski definition) is 2. The van der Waals surface area contributed by atoms with E-state index in [9.17, 15) is 13.2 Å². The summed E-state index contributed by atoms with van der Waals surface area (Å²) in [5, 5.41) is 3.21.